The normalized spacial score (nSPS) is 8.56. The summed E-state index contributed by atoms with van der Waals surface area (Å²) in [5.41, 5.74) is 0.661. The van der Waals surface area contributed by atoms with E-state index in [1.807, 2.05) is 27.7 Å². The molecule has 94 valence electrons. The molecule has 0 aliphatic carbocycles. The molecule has 0 N–H and O–H groups in total. The second-order valence-corrected chi connectivity index (χ2v) is 2.31. The van der Waals surface area contributed by atoms with Gasteiger partial charge in [-0.25, -0.2) is 4.39 Å². The van der Waals surface area contributed by atoms with E-state index in [9.17, 15) is 13.2 Å². The highest BCUT2D eigenvalue weighted by Crippen LogP contribution is 2.19. The SMILES string of the molecule is CC.CC.Cc1ccc(OC(F)F)c(F)c1. The number of aryl methyl sites for hydroxylation is 1. The summed E-state index contributed by atoms with van der Waals surface area (Å²) in [6.45, 7) is 6.68. The molecule has 0 aliphatic heterocycles. The molecule has 0 heterocycles. The molecular formula is C12H19F3O. The summed E-state index contributed by atoms with van der Waals surface area (Å²) in [5.74, 6) is -1.19. The van der Waals surface area contributed by atoms with E-state index in [2.05, 4.69) is 4.74 Å². The van der Waals surface area contributed by atoms with Crippen molar-refractivity contribution in [2.45, 2.75) is 41.2 Å². The maximum atomic E-state index is 12.8. The fourth-order valence-electron chi connectivity index (χ4n) is 0.797. The van der Waals surface area contributed by atoms with Gasteiger partial charge >= 0.3 is 6.61 Å². The van der Waals surface area contributed by atoms with E-state index in [-0.39, 0.29) is 0 Å². The fraction of sp³-hybridized carbons (Fsp3) is 0.500. The first kappa shape index (κ1) is 17.2. The third-order valence-electron chi connectivity index (χ3n) is 1.30. The maximum absolute atomic E-state index is 12.8. The highest BCUT2D eigenvalue weighted by atomic mass is 19.3. The minimum atomic E-state index is -2.98. The largest absolute Gasteiger partial charge is 0.432 e. The predicted octanol–water partition coefficient (Wildman–Crippen LogP) is 4.79. The molecule has 0 amide bonds. The Morgan fingerprint density at radius 2 is 1.56 bits per heavy atom. The Morgan fingerprint density at radius 1 is 1.06 bits per heavy atom. The van der Waals surface area contributed by atoms with Crippen molar-refractivity contribution in [3.8, 4) is 5.75 Å². The molecule has 0 fully saturated rings. The third kappa shape index (κ3) is 7.15. The van der Waals surface area contributed by atoms with E-state index < -0.39 is 18.2 Å². The van der Waals surface area contributed by atoms with E-state index in [1.165, 1.54) is 12.1 Å². The van der Waals surface area contributed by atoms with Crippen LogP contribution in [0.3, 0.4) is 0 Å². The van der Waals surface area contributed by atoms with E-state index in [0.717, 1.165) is 6.07 Å². The van der Waals surface area contributed by atoms with Crippen molar-refractivity contribution < 1.29 is 17.9 Å². The summed E-state index contributed by atoms with van der Waals surface area (Å²) >= 11 is 0. The summed E-state index contributed by atoms with van der Waals surface area (Å²) in [7, 11) is 0. The third-order valence-corrected chi connectivity index (χ3v) is 1.30. The van der Waals surface area contributed by atoms with Gasteiger partial charge in [-0.05, 0) is 24.6 Å². The molecule has 4 heteroatoms. The van der Waals surface area contributed by atoms with Gasteiger partial charge in [0.05, 0.1) is 0 Å². The van der Waals surface area contributed by atoms with E-state index in [1.54, 1.807) is 6.92 Å². The molecule has 0 radical (unpaired) electrons. The van der Waals surface area contributed by atoms with Crippen LogP contribution in [0.2, 0.25) is 0 Å². The molecule has 1 rings (SSSR count). The summed E-state index contributed by atoms with van der Waals surface area (Å²) in [5, 5.41) is 0. The number of alkyl halides is 2. The molecule has 0 saturated heterocycles. The standard InChI is InChI=1S/C8H7F3O.2C2H6/c1-5-2-3-7(6(9)4-5)12-8(10)11;2*1-2/h2-4,8H,1H3;2*1-2H3. The number of hydrogen-bond donors (Lipinski definition) is 0. The molecule has 0 aliphatic rings. The number of rotatable bonds is 2. The molecule has 0 bridgehead atoms. The quantitative estimate of drug-likeness (QED) is 0.717. The van der Waals surface area contributed by atoms with Gasteiger partial charge in [0.2, 0.25) is 0 Å². The van der Waals surface area contributed by atoms with E-state index >= 15 is 0 Å². The van der Waals surface area contributed by atoms with Crippen molar-refractivity contribution in [2.75, 3.05) is 0 Å². The van der Waals surface area contributed by atoms with Crippen molar-refractivity contribution in [3.63, 3.8) is 0 Å². The smallest absolute Gasteiger partial charge is 0.387 e. The molecule has 1 aromatic carbocycles. The fourth-order valence-corrected chi connectivity index (χ4v) is 0.797. The minimum absolute atomic E-state index is 0.421. The van der Waals surface area contributed by atoms with Crippen LogP contribution in [0.1, 0.15) is 33.3 Å². The van der Waals surface area contributed by atoms with Crippen LogP contribution in [0.25, 0.3) is 0 Å². The van der Waals surface area contributed by atoms with Crippen LogP contribution in [0.4, 0.5) is 13.2 Å². The minimum Gasteiger partial charge on any atom is -0.432 e. The van der Waals surface area contributed by atoms with Crippen LogP contribution in [-0.2, 0) is 0 Å². The predicted molar refractivity (Wildman–Crippen MR) is 60.5 cm³/mol. The summed E-state index contributed by atoms with van der Waals surface area (Å²) in [6, 6.07) is 3.81. The van der Waals surface area contributed by atoms with Crippen molar-refractivity contribution in [1.82, 2.24) is 0 Å². The van der Waals surface area contributed by atoms with Crippen LogP contribution in [0, 0.1) is 12.7 Å². The number of ether oxygens (including phenoxy) is 1. The lowest BCUT2D eigenvalue weighted by Gasteiger charge is -2.05. The lowest BCUT2D eigenvalue weighted by atomic mass is 10.2. The van der Waals surface area contributed by atoms with Crippen LogP contribution in [0.5, 0.6) is 5.75 Å². The second kappa shape index (κ2) is 10.3. The Kier molecular flexibility index (Phi) is 11.1. The van der Waals surface area contributed by atoms with Gasteiger partial charge in [-0.2, -0.15) is 8.78 Å². The zero-order valence-corrected chi connectivity index (χ0v) is 10.4. The van der Waals surface area contributed by atoms with Gasteiger partial charge in [0.15, 0.2) is 11.6 Å². The van der Waals surface area contributed by atoms with Crippen LogP contribution < -0.4 is 4.74 Å². The zero-order chi connectivity index (χ0) is 13.1. The average molecular weight is 236 g/mol. The topological polar surface area (TPSA) is 9.23 Å². The van der Waals surface area contributed by atoms with Crippen LogP contribution >= 0.6 is 0 Å². The van der Waals surface area contributed by atoms with Gasteiger partial charge in [-0.3, -0.25) is 0 Å². The molecule has 1 aromatic rings. The van der Waals surface area contributed by atoms with Gasteiger partial charge < -0.3 is 4.74 Å². The summed E-state index contributed by atoms with van der Waals surface area (Å²) in [6.07, 6.45) is 0. The first-order chi connectivity index (χ1) is 7.59. The van der Waals surface area contributed by atoms with E-state index in [0.29, 0.717) is 5.56 Å². The van der Waals surface area contributed by atoms with Crippen molar-refractivity contribution in [3.05, 3.63) is 29.6 Å². The first-order valence-electron chi connectivity index (χ1n) is 5.30. The Morgan fingerprint density at radius 3 is 1.94 bits per heavy atom. The molecule has 1 nitrogen and oxygen atoms in total. The average Bonchev–Trinajstić information content (AvgIpc) is 2.28. The highest BCUT2D eigenvalue weighted by molar-refractivity contribution is 5.28. The second-order valence-electron chi connectivity index (χ2n) is 2.31. The Hall–Kier alpha value is -1.19. The molecule has 16 heavy (non-hydrogen) atoms. The van der Waals surface area contributed by atoms with Gasteiger partial charge in [-0.1, -0.05) is 33.8 Å². The van der Waals surface area contributed by atoms with Gasteiger partial charge in [-0.15, -0.1) is 0 Å². The lowest BCUT2D eigenvalue weighted by Crippen LogP contribution is -2.03. The first-order valence-corrected chi connectivity index (χ1v) is 5.30. The van der Waals surface area contributed by atoms with Crippen LogP contribution in [-0.4, -0.2) is 6.61 Å². The molecular weight excluding hydrogens is 217 g/mol. The maximum Gasteiger partial charge on any atom is 0.387 e. The monoisotopic (exact) mass is 236 g/mol. The molecule has 0 unspecified atom stereocenters. The zero-order valence-electron chi connectivity index (χ0n) is 10.4. The summed E-state index contributed by atoms with van der Waals surface area (Å²) < 4.78 is 39.9. The molecule has 0 atom stereocenters. The number of benzene rings is 1. The van der Waals surface area contributed by atoms with Crippen molar-refractivity contribution in [2.24, 2.45) is 0 Å². The molecule has 0 spiro atoms. The highest BCUT2D eigenvalue weighted by Gasteiger charge is 2.08. The molecule has 0 aromatic heterocycles. The Bertz CT molecular complexity index is 275. The van der Waals surface area contributed by atoms with Crippen molar-refractivity contribution >= 4 is 0 Å². The molecule has 0 saturated carbocycles. The summed E-state index contributed by atoms with van der Waals surface area (Å²) in [4.78, 5) is 0. The van der Waals surface area contributed by atoms with Gasteiger partial charge in [0.25, 0.3) is 0 Å². The van der Waals surface area contributed by atoms with Gasteiger partial charge in [0.1, 0.15) is 0 Å². The number of hydrogen-bond acceptors (Lipinski definition) is 1. The van der Waals surface area contributed by atoms with Gasteiger partial charge in [0, 0.05) is 0 Å². The van der Waals surface area contributed by atoms with Crippen molar-refractivity contribution in [1.29, 1.82) is 0 Å². The Labute approximate surface area is 95.2 Å². The van der Waals surface area contributed by atoms with E-state index in [4.69, 9.17) is 0 Å². The number of halogens is 3. The van der Waals surface area contributed by atoms with Crippen LogP contribution in [0.15, 0.2) is 18.2 Å². The Balaban J connectivity index is 0. The lowest BCUT2D eigenvalue weighted by molar-refractivity contribution is -0.0522.